The van der Waals surface area contributed by atoms with Crippen molar-refractivity contribution in [1.29, 1.82) is 0 Å². The van der Waals surface area contributed by atoms with E-state index in [1.54, 1.807) is 18.7 Å². The number of rotatable bonds is 7. The van der Waals surface area contributed by atoms with Crippen LogP contribution in [0.1, 0.15) is 25.0 Å². The quantitative estimate of drug-likeness (QED) is 0.650. The Bertz CT molecular complexity index is 829. The van der Waals surface area contributed by atoms with E-state index in [4.69, 9.17) is 9.47 Å². The minimum absolute atomic E-state index is 0.0343. The average Bonchev–Trinajstić information content (AvgIpc) is 2.76. The Balaban J connectivity index is 0.00000155. The van der Waals surface area contributed by atoms with Gasteiger partial charge in [0.2, 0.25) is 0 Å². The van der Waals surface area contributed by atoms with Crippen molar-refractivity contribution in [3.8, 4) is 16.9 Å². The second kappa shape index (κ2) is 11.9. The summed E-state index contributed by atoms with van der Waals surface area (Å²) in [5.41, 5.74) is 4.02. The van der Waals surface area contributed by atoms with Gasteiger partial charge in [-0.3, -0.25) is 9.69 Å². The molecule has 3 rings (SSSR count). The van der Waals surface area contributed by atoms with E-state index >= 15 is 0 Å². The third kappa shape index (κ3) is 6.42. The molecule has 0 radical (unpaired) electrons. The lowest BCUT2D eigenvalue weighted by atomic mass is 10.0. The summed E-state index contributed by atoms with van der Waals surface area (Å²) in [5, 5.41) is 0. The first-order valence-corrected chi connectivity index (χ1v) is 10.8. The zero-order valence-electron chi connectivity index (χ0n) is 19.4. The first kappa shape index (κ1) is 24.1. The van der Waals surface area contributed by atoms with Gasteiger partial charge in [0.25, 0.3) is 5.56 Å². The SMILES string of the molecule is CC.COCCOc1cc(-c2cc(C)c(=O)n(C)c2)ccc1CN1CCN(C)CC1. The van der Waals surface area contributed by atoms with E-state index in [1.807, 2.05) is 33.0 Å². The summed E-state index contributed by atoms with van der Waals surface area (Å²) in [4.78, 5) is 16.8. The molecule has 0 atom stereocenters. The molecule has 1 aliphatic rings. The Morgan fingerprint density at radius 1 is 0.967 bits per heavy atom. The number of hydrogen-bond donors (Lipinski definition) is 0. The van der Waals surface area contributed by atoms with Gasteiger partial charge in [-0.1, -0.05) is 26.0 Å². The molecule has 6 nitrogen and oxygen atoms in total. The van der Waals surface area contributed by atoms with E-state index in [9.17, 15) is 4.79 Å². The van der Waals surface area contributed by atoms with Gasteiger partial charge in [0.1, 0.15) is 12.4 Å². The zero-order chi connectivity index (χ0) is 22.1. The van der Waals surface area contributed by atoms with Crippen LogP contribution in [0.2, 0.25) is 0 Å². The number of piperazine rings is 1. The molecule has 1 fully saturated rings. The van der Waals surface area contributed by atoms with Crippen molar-refractivity contribution in [2.24, 2.45) is 7.05 Å². The number of benzene rings is 1. The molecule has 0 amide bonds. The summed E-state index contributed by atoms with van der Waals surface area (Å²) >= 11 is 0. The highest BCUT2D eigenvalue weighted by Gasteiger charge is 2.16. The fourth-order valence-electron chi connectivity index (χ4n) is 3.52. The Kier molecular flexibility index (Phi) is 9.56. The van der Waals surface area contributed by atoms with Gasteiger partial charge in [-0.05, 0) is 37.2 Å². The number of aryl methyl sites for hydroxylation is 2. The molecule has 0 bridgehead atoms. The summed E-state index contributed by atoms with van der Waals surface area (Å²) in [5.74, 6) is 0.889. The smallest absolute Gasteiger partial charge is 0.253 e. The van der Waals surface area contributed by atoms with Crippen LogP contribution in [-0.4, -0.2) is 67.9 Å². The third-order valence-corrected chi connectivity index (χ3v) is 5.30. The maximum atomic E-state index is 12.0. The van der Waals surface area contributed by atoms with Gasteiger partial charge in [0.15, 0.2) is 0 Å². The van der Waals surface area contributed by atoms with Crippen molar-refractivity contribution in [2.75, 3.05) is 53.6 Å². The van der Waals surface area contributed by atoms with Gasteiger partial charge < -0.3 is 18.9 Å². The van der Waals surface area contributed by atoms with Crippen LogP contribution in [0, 0.1) is 6.92 Å². The number of nitrogens with zero attached hydrogens (tertiary/aromatic N) is 3. The van der Waals surface area contributed by atoms with E-state index < -0.39 is 0 Å². The van der Waals surface area contributed by atoms with Crippen molar-refractivity contribution in [2.45, 2.75) is 27.3 Å². The molecule has 1 saturated heterocycles. The highest BCUT2D eigenvalue weighted by atomic mass is 16.5. The lowest BCUT2D eigenvalue weighted by molar-refractivity contribution is 0.137. The minimum atomic E-state index is 0.0343. The standard InChI is InChI=1S/C22H31N3O3.C2H6/c1-17-13-20(15-24(3)22(17)26)18-5-6-19(21(14-18)28-12-11-27-4)16-25-9-7-23(2)8-10-25;1-2/h5-6,13-15H,7-12,16H2,1-4H3;1-2H3. The molecule has 166 valence electrons. The van der Waals surface area contributed by atoms with Gasteiger partial charge >= 0.3 is 0 Å². The number of aromatic nitrogens is 1. The molecular formula is C24H37N3O3. The summed E-state index contributed by atoms with van der Waals surface area (Å²) in [6.07, 6.45) is 1.88. The highest BCUT2D eigenvalue weighted by molar-refractivity contribution is 5.66. The van der Waals surface area contributed by atoms with E-state index in [2.05, 4.69) is 35.0 Å². The third-order valence-electron chi connectivity index (χ3n) is 5.30. The fraction of sp³-hybridized carbons (Fsp3) is 0.542. The second-order valence-electron chi connectivity index (χ2n) is 7.57. The van der Waals surface area contributed by atoms with Gasteiger partial charge in [-0.2, -0.15) is 0 Å². The van der Waals surface area contributed by atoms with E-state index in [0.717, 1.165) is 55.2 Å². The second-order valence-corrected chi connectivity index (χ2v) is 7.57. The molecule has 2 aromatic rings. The number of pyridine rings is 1. The zero-order valence-corrected chi connectivity index (χ0v) is 19.4. The predicted octanol–water partition coefficient (Wildman–Crippen LogP) is 3.16. The fourth-order valence-corrected chi connectivity index (χ4v) is 3.52. The van der Waals surface area contributed by atoms with Gasteiger partial charge in [0, 0.05) is 64.2 Å². The Hall–Kier alpha value is -2.15. The number of methoxy groups -OCH3 is 1. The van der Waals surface area contributed by atoms with Crippen LogP contribution in [-0.2, 0) is 18.3 Å². The first-order chi connectivity index (χ1) is 14.5. The summed E-state index contributed by atoms with van der Waals surface area (Å²) in [6.45, 7) is 12.1. The molecule has 0 spiro atoms. The van der Waals surface area contributed by atoms with Crippen LogP contribution in [0.3, 0.4) is 0 Å². The molecular weight excluding hydrogens is 378 g/mol. The first-order valence-electron chi connectivity index (χ1n) is 10.8. The van der Waals surface area contributed by atoms with Gasteiger partial charge in [-0.15, -0.1) is 0 Å². The van der Waals surface area contributed by atoms with Crippen LogP contribution < -0.4 is 10.3 Å². The van der Waals surface area contributed by atoms with E-state index in [0.29, 0.717) is 13.2 Å². The van der Waals surface area contributed by atoms with Crippen molar-refractivity contribution in [3.05, 3.63) is 51.9 Å². The molecule has 30 heavy (non-hydrogen) atoms. The Morgan fingerprint density at radius 2 is 1.67 bits per heavy atom. The number of hydrogen-bond acceptors (Lipinski definition) is 5. The number of likely N-dealkylation sites (N-methyl/N-ethyl adjacent to an activating group) is 1. The van der Waals surface area contributed by atoms with Crippen molar-refractivity contribution < 1.29 is 9.47 Å². The Morgan fingerprint density at radius 3 is 2.30 bits per heavy atom. The Labute approximate surface area is 181 Å². The van der Waals surface area contributed by atoms with Crippen LogP contribution in [0.5, 0.6) is 5.75 Å². The maximum Gasteiger partial charge on any atom is 0.253 e. The largest absolute Gasteiger partial charge is 0.491 e. The van der Waals surface area contributed by atoms with E-state index in [1.165, 1.54) is 5.56 Å². The average molecular weight is 416 g/mol. The lowest BCUT2D eigenvalue weighted by Crippen LogP contribution is -2.43. The van der Waals surface area contributed by atoms with Crippen LogP contribution in [0.15, 0.2) is 35.3 Å². The minimum Gasteiger partial charge on any atom is -0.491 e. The predicted molar refractivity (Wildman–Crippen MR) is 123 cm³/mol. The van der Waals surface area contributed by atoms with Gasteiger partial charge in [-0.25, -0.2) is 0 Å². The summed E-state index contributed by atoms with van der Waals surface area (Å²) in [7, 11) is 5.63. The normalized spacial score (nSPS) is 14.9. The molecule has 2 heterocycles. The van der Waals surface area contributed by atoms with E-state index in [-0.39, 0.29) is 5.56 Å². The van der Waals surface area contributed by atoms with Crippen LogP contribution in [0.4, 0.5) is 0 Å². The van der Waals surface area contributed by atoms with Crippen LogP contribution >= 0.6 is 0 Å². The lowest BCUT2D eigenvalue weighted by Gasteiger charge is -2.32. The molecule has 1 aromatic heterocycles. The molecule has 0 saturated carbocycles. The molecule has 1 aromatic carbocycles. The summed E-state index contributed by atoms with van der Waals surface area (Å²) in [6, 6.07) is 8.29. The number of ether oxygens (including phenoxy) is 2. The maximum absolute atomic E-state index is 12.0. The molecule has 6 heteroatoms. The molecule has 0 N–H and O–H groups in total. The molecule has 1 aliphatic heterocycles. The molecule has 0 unspecified atom stereocenters. The van der Waals surface area contributed by atoms with Crippen molar-refractivity contribution in [3.63, 3.8) is 0 Å². The van der Waals surface area contributed by atoms with Gasteiger partial charge in [0.05, 0.1) is 6.61 Å². The van der Waals surface area contributed by atoms with Crippen LogP contribution in [0.25, 0.3) is 11.1 Å². The summed E-state index contributed by atoms with van der Waals surface area (Å²) < 4.78 is 12.8. The topological polar surface area (TPSA) is 46.9 Å². The molecule has 0 aliphatic carbocycles. The highest BCUT2D eigenvalue weighted by Crippen LogP contribution is 2.28. The monoisotopic (exact) mass is 415 g/mol. The van der Waals surface area contributed by atoms with Crippen molar-refractivity contribution >= 4 is 0 Å². The van der Waals surface area contributed by atoms with Crippen molar-refractivity contribution in [1.82, 2.24) is 14.4 Å².